The first-order chi connectivity index (χ1) is 27.4. The lowest BCUT2D eigenvalue weighted by atomic mass is 9.78. The molecule has 1 unspecified atom stereocenters. The Bertz CT molecular complexity index is 2770. The number of aryl methyl sites for hydroxylation is 2. The molecule has 0 radical (unpaired) electrons. The Morgan fingerprint density at radius 1 is 0.768 bits per heavy atom. The molecule has 1 aliphatic rings. The summed E-state index contributed by atoms with van der Waals surface area (Å²) in [5.41, 5.74) is 17.6. The zero-order chi connectivity index (χ0) is 38.8. The van der Waals surface area contributed by atoms with Gasteiger partial charge in [0.1, 0.15) is 0 Å². The SMILES string of the molecule is C=C/C=C(\C=C)C(=NCc1ccccc1)c1cccc(-c2ccc3c(c2)nc(/C(C)=C/C=C)c2c(C)c4c(c(C)c23)C(c2ccncc2)Nc2ccccc2-4)c1. The fourth-order valence-electron chi connectivity index (χ4n) is 8.28. The highest BCUT2D eigenvalue weighted by atomic mass is 14.9. The van der Waals surface area contributed by atoms with Crippen molar-refractivity contribution in [1.29, 1.82) is 0 Å². The Labute approximate surface area is 329 Å². The molecule has 0 bridgehead atoms. The van der Waals surface area contributed by atoms with Crippen LogP contribution >= 0.6 is 0 Å². The van der Waals surface area contributed by atoms with Gasteiger partial charge in [0, 0.05) is 40.0 Å². The van der Waals surface area contributed by atoms with E-state index in [9.17, 15) is 0 Å². The molecule has 3 heterocycles. The quantitative estimate of drug-likeness (QED) is 0.0868. The highest BCUT2D eigenvalue weighted by Gasteiger charge is 2.31. The summed E-state index contributed by atoms with van der Waals surface area (Å²) in [6.45, 7) is 19.3. The van der Waals surface area contributed by atoms with E-state index in [1.54, 1.807) is 6.08 Å². The van der Waals surface area contributed by atoms with Gasteiger partial charge in [-0.1, -0.05) is 129 Å². The maximum absolute atomic E-state index is 5.48. The first-order valence-electron chi connectivity index (χ1n) is 19.0. The highest BCUT2D eigenvalue weighted by molar-refractivity contribution is 6.16. The Morgan fingerprint density at radius 3 is 2.29 bits per heavy atom. The van der Waals surface area contributed by atoms with E-state index < -0.39 is 0 Å². The second-order valence-electron chi connectivity index (χ2n) is 14.3. The molecule has 0 spiro atoms. The van der Waals surface area contributed by atoms with E-state index in [2.05, 4.69) is 148 Å². The normalized spacial score (nSPS) is 14.2. The monoisotopic (exact) mass is 724 g/mol. The molecule has 56 heavy (non-hydrogen) atoms. The lowest BCUT2D eigenvalue weighted by molar-refractivity contribution is 0.914. The Balaban J connectivity index is 1.35. The molecule has 5 aromatic carbocycles. The molecular weight excluding hydrogens is 681 g/mol. The molecule has 1 N–H and O–H groups in total. The summed E-state index contributed by atoms with van der Waals surface area (Å²) in [5, 5.41) is 7.42. The third kappa shape index (κ3) is 6.50. The van der Waals surface area contributed by atoms with Crippen molar-refractivity contribution in [3.8, 4) is 22.3 Å². The molecule has 0 amide bonds. The van der Waals surface area contributed by atoms with Gasteiger partial charge in [0.05, 0.1) is 29.5 Å². The van der Waals surface area contributed by atoms with Crippen LogP contribution in [0.5, 0.6) is 0 Å². The third-order valence-electron chi connectivity index (χ3n) is 10.9. The average Bonchev–Trinajstić information content (AvgIpc) is 3.24. The zero-order valence-corrected chi connectivity index (χ0v) is 32.2. The van der Waals surface area contributed by atoms with Crippen LogP contribution in [0, 0.1) is 13.8 Å². The predicted octanol–water partition coefficient (Wildman–Crippen LogP) is 13.1. The minimum Gasteiger partial charge on any atom is -0.374 e. The number of anilines is 1. The summed E-state index contributed by atoms with van der Waals surface area (Å²) in [6.07, 6.45) is 13.3. The summed E-state index contributed by atoms with van der Waals surface area (Å²) in [4.78, 5) is 14.9. The largest absolute Gasteiger partial charge is 0.374 e. The number of aromatic nitrogens is 2. The van der Waals surface area contributed by atoms with E-state index in [0.29, 0.717) is 6.54 Å². The summed E-state index contributed by atoms with van der Waals surface area (Å²) < 4.78 is 0. The molecule has 4 heteroatoms. The lowest BCUT2D eigenvalue weighted by Crippen LogP contribution is -2.20. The van der Waals surface area contributed by atoms with Gasteiger partial charge in [0.25, 0.3) is 0 Å². The number of rotatable bonds is 10. The number of fused-ring (bicyclic) bond motifs is 6. The molecule has 0 saturated heterocycles. The van der Waals surface area contributed by atoms with Crippen LogP contribution in [-0.4, -0.2) is 15.7 Å². The second-order valence-corrected chi connectivity index (χ2v) is 14.3. The molecule has 0 fully saturated rings. The lowest BCUT2D eigenvalue weighted by Gasteiger charge is -2.34. The van der Waals surface area contributed by atoms with E-state index in [4.69, 9.17) is 9.98 Å². The van der Waals surface area contributed by atoms with Crippen LogP contribution in [0.4, 0.5) is 5.69 Å². The van der Waals surface area contributed by atoms with Crippen molar-refractivity contribution in [3.63, 3.8) is 0 Å². The van der Waals surface area contributed by atoms with E-state index in [1.807, 2.05) is 48.8 Å². The fourth-order valence-corrected chi connectivity index (χ4v) is 8.28. The molecule has 2 aromatic heterocycles. The van der Waals surface area contributed by atoms with Crippen molar-refractivity contribution in [2.24, 2.45) is 4.99 Å². The molecule has 7 aromatic rings. The third-order valence-corrected chi connectivity index (χ3v) is 10.9. The van der Waals surface area contributed by atoms with Crippen molar-refractivity contribution >= 4 is 38.6 Å². The number of pyridine rings is 2. The van der Waals surface area contributed by atoms with Crippen molar-refractivity contribution in [1.82, 2.24) is 9.97 Å². The molecular formula is C52H44N4. The van der Waals surface area contributed by atoms with Gasteiger partial charge in [0.2, 0.25) is 0 Å². The zero-order valence-electron chi connectivity index (χ0n) is 32.2. The van der Waals surface area contributed by atoms with Crippen LogP contribution in [0.1, 0.15) is 52.0 Å². The van der Waals surface area contributed by atoms with Crippen LogP contribution in [-0.2, 0) is 6.54 Å². The van der Waals surface area contributed by atoms with E-state index in [1.165, 1.54) is 44.2 Å². The van der Waals surface area contributed by atoms with Crippen LogP contribution in [0.3, 0.4) is 0 Å². The number of benzene rings is 5. The molecule has 1 aliphatic heterocycles. The van der Waals surface area contributed by atoms with Gasteiger partial charge in [-0.25, -0.2) is 4.98 Å². The van der Waals surface area contributed by atoms with Gasteiger partial charge in [-0.15, -0.1) is 0 Å². The van der Waals surface area contributed by atoms with E-state index in [0.717, 1.165) is 61.4 Å². The fraction of sp³-hybridized carbons (Fsp3) is 0.0962. The molecule has 8 rings (SSSR count). The topological polar surface area (TPSA) is 50.2 Å². The standard InChI is InChI=1S/C52H44N4/c1-7-16-33(4)50-48-34(5)46-42-22-13-14-23-44(42)55-52(38-26-28-53-29-27-38)49(46)35(6)47(48)43-25-24-40(31-45(43)56-50)39-20-15-21-41(30-39)51(37(9-3)17-8-2)54-32-36-18-11-10-12-19-36/h7-31,52,55H,1-3,32H2,4-6H3/b33-16+,37-17+,54-51?. The van der Waals surface area contributed by atoms with Crippen molar-refractivity contribution in [2.45, 2.75) is 33.4 Å². The number of hydrogen-bond donors (Lipinski definition) is 1. The smallest absolute Gasteiger partial charge is 0.0777 e. The van der Waals surface area contributed by atoms with Crippen molar-refractivity contribution in [3.05, 3.63) is 216 Å². The predicted molar refractivity (Wildman–Crippen MR) is 238 cm³/mol. The summed E-state index contributed by atoms with van der Waals surface area (Å²) >= 11 is 0. The van der Waals surface area contributed by atoms with Crippen LogP contribution in [0.15, 0.2) is 182 Å². The Morgan fingerprint density at radius 2 is 1.52 bits per heavy atom. The minimum atomic E-state index is -0.0437. The van der Waals surface area contributed by atoms with Gasteiger partial charge in [0.15, 0.2) is 0 Å². The molecule has 272 valence electrons. The second kappa shape index (κ2) is 15.4. The Kier molecular flexibility index (Phi) is 9.95. The highest BCUT2D eigenvalue weighted by Crippen LogP contribution is 2.50. The first-order valence-corrected chi connectivity index (χ1v) is 19.0. The maximum atomic E-state index is 5.48. The van der Waals surface area contributed by atoms with Crippen LogP contribution < -0.4 is 5.32 Å². The molecule has 1 atom stereocenters. The van der Waals surface area contributed by atoms with Gasteiger partial charge < -0.3 is 5.32 Å². The average molecular weight is 725 g/mol. The first kappa shape index (κ1) is 36.1. The number of hydrogen-bond acceptors (Lipinski definition) is 4. The number of nitrogens with one attached hydrogen (secondary N) is 1. The van der Waals surface area contributed by atoms with Gasteiger partial charge in [-0.3, -0.25) is 9.98 Å². The summed E-state index contributed by atoms with van der Waals surface area (Å²) in [5.74, 6) is 0. The minimum absolute atomic E-state index is 0.0437. The van der Waals surface area contributed by atoms with Crippen molar-refractivity contribution < 1.29 is 0 Å². The van der Waals surface area contributed by atoms with Gasteiger partial charge in [-0.2, -0.15) is 0 Å². The number of nitrogens with zero attached hydrogens (tertiary/aromatic N) is 3. The number of allylic oxidation sites excluding steroid dienone is 7. The molecule has 0 aliphatic carbocycles. The van der Waals surface area contributed by atoms with E-state index in [-0.39, 0.29) is 6.04 Å². The van der Waals surface area contributed by atoms with Crippen LogP contribution in [0.2, 0.25) is 0 Å². The number of aliphatic imine (C=N–C) groups is 1. The van der Waals surface area contributed by atoms with Gasteiger partial charge >= 0.3 is 0 Å². The number of para-hydroxylation sites is 1. The molecule has 4 nitrogen and oxygen atoms in total. The van der Waals surface area contributed by atoms with Crippen molar-refractivity contribution in [2.75, 3.05) is 5.32 Å². The Hall–Kier alpha value is -6.91. The maximum Gasteiger partial charge on any atom is 0.0777 e. The summed E-state index contributed by atoms with van der Waals surface area (Å²) in [7, 11) is 0. The van der Waals surface area contributed by atoms with E-state index >= 15 is 0 Å². The van der Waals surface area contributed by atoms with Crippen LogP contribution in [0.25, 0.3) is 49.5 Å². The summed E-state index contributed by atoms with van der Waals surface area (Å²) in [6, 6.07) is 38.4. The van der Waals surface area contributed by atoms with Gasteiger partial charge in [-0.05, 0) is 112 Å². The molecule has 0 saturated carbocycles.